The summed E-state index contributed by atoms with van der Waals surface area (Å²) in [6.45, 7) is 3.11. The molecule has 0 aliphatic heterocycles. The van der Waals surface area contributed by atoms with E-state index in [2.05, 4.69) is 97.8 Å². The minimum absolute atomic E-state index is 0.510. The van der Waals surface area contributed by atoms with Gasteiger partial charge in [-0.15, -0.1) is 12.3 Å². The van der Waals surface area contributed by atoms with Crippen LogP contribution in [0.3, 0.4) is 0 Å². The molecule has 0 aliphatic rings. The molecule has 0 saturated heterocycles. The van der Waals surface area contributed by atoms with Gasteiger partial charge in [-0.2, -0.15) is 0 Å². The second-order valence-electron chi connectivity index (χ2n) is 8.62. The topological polar surface area (TPSA) is 9.23 Å². The van der Waals surface area contributed by atoms with Gasteiger partial charge >= 0.3 is 0 Å². The lowest BCUT2D eigenvalue weighted by Crippen LogP contribution is -2.09. The first kappa shape index (κ1) is 23.7. The summed E-state index contributed by atoms with van der Waals surface area (Å²) in [6.07, 6.45) is 12.9. The van der Waals surface area contributed by atoms with Crippen LogP contribution in [0.2, 0.25) is 0 Å². The Hall–Kier alpha value is -2.98. The number of aryl methyl sites for hydroxylation is 1. The highest BCUT2D eigenvalue weighted by atomic mass is 16.5. The third-order valence-electron chi connectivity index (χ3n) is 6.29. The number of terminal acetylenes is 1. The summed E-state index contributed by atoms with van der Waals surface area (Å²) >= 11 is 0. The molecule has 0 bridgehead atoms. The van der Waals surface area contributed by atoms with Gasteiger partial charge in [-0.3, -0.25) is 0 Å². The van der Waals surface area contributed by atoms with Crippen LogP contribution >= 0.6 is 0 Å². The lowest BCUT2D eigenvalue weighted by atomic mass is 9.79. The largest absolute Gasteiger partial charge is 0.494 e. The predicted molar refractivity (Wildman–Crippen MR) is 136 cm³/mol. The fraction of sp³-hybridized carbons (Fsp3) is 0.355. The third kappa shape index (κ3) is 7.61. The minimum atomic E-state index is 0.510. The molecular weight excluding hydrogens is 388 g/mol. The van der Waals surface area contributed by atoms with Gasteiger partial charge in [-0.05, 0) is 72.8 Å². The molecule has 0 aromatic heterocycles. The van der Waals surface area contributed by atoms with Crippen LogP contribution in [0.15, 0.2) is 84.9 Å². The fourth-order valence-electron chi connectivity index (χ4n) is 4.36. The SMILES string of the molecule is C#CCCCCOc1ccc(CCCCC(c2ccccc2)C(C)c2ccccc2)cc1. The number of rotatable bonds is 13. The monoisotopic (exact) mass is 424 g/mol. The Kier molecular flexibility index (Phi) is 9.94. The maximum Gasteiger partial charge on any atom is 0.119 e. The predicted octanol–water partition coefficient (Wildman–Crippen LogP) is 8.17. The zero-order chi connectivity index (χ0) is 22.4. The van der Waals surface area contributed by atoms with Crippen molar-refractivity contribution in [3.8, 4) is 18.1 Å². The first-order chi connectivity index (χ1) is 15.8. The van der Waals surface area contributed by atoms with E-state index < -0.39 is 0 Å². The standard InChI is InChI=1S/C31H36O/c1-3-4-5-14-25-32-30-23-21-27(22-24-30)15-12-13-20-31(29-18-10-7-11-19-29)26(2)28-16-8-6-9-17-28/h1,6-11,16-19,21-24,26,31H,4-5,12-15,20,25H2,2H3. The van der Waals surface area contributed by atoms with Crippen molar-refractivity contribution in [2.75, 3.05) is 6.61 Å². The molecule has 1 heteroatoms. The highest BCUT2D eigenvalue weighted by Crippen LogP contribution is 2.36. The molecular formula is C31H36O. The summed E-state index contributed by atoms with van der Waals surface area (Å²) in [4.78, 5) is 0. The van der Waals surface area contributed by atoms with Crippen molar-refractivity contribution in [1.82, 2.24) is 0 Å². The zero-order valence-electron chi connectivity index (χ0n) is 19.4. The van der Waals surface area contributed by atoms with Gasteiger partial charge in [-0.25, -0.2) is 0 Å². The van der Waals surface area contributed by atoms with E-state index in [4.69, 9.17) is 11.2 Å². The Labute approximate surface area is 194 Å². The minimum Gasteiger partial charge on any atom is -0.494 e. The summed E-state index contributed by atoms with van der Waals surface area (Å²) in [7, 11) is 0. The van der Waals surface area contributed by atoms with Crippen LogP contribution in [0, 0.1) is 12.3 Å². The molecule has 32 heavy (non-hydrogen) atoms. The van der Waals surface area contributed by atoms with Gasteiger partial charge in [0.2, 0.25) is 0 Å². The molecule has 2 unspecified atom stereocenters. The van der Waals surface area contributed by atoms with E-state index >= 15 is 0 Å². The van der Waals surface area contributed by atoms with E-state index in [-0.39, 0.29) is 0 Å². The number of unbranched alkanes of at least 4 members (excludes halogenated alkanes) is 3. The summed E-state index contributed by atoms with van der Waals surface area (Å²) in [5, 5.41) is 0. The van der Waals surface area contributed by atoms with Gasteiger partial charge in [-0.1, -0.05) is 86.1 Å². The van der Waals surface area contributed by atoms with E-state index in [1.807, 2.05) is 0 Å². The molecule has 2 atom stereocenters. The molecule has 0 N–H and O–H groups in total. The zero-order valence-corrected chi connectivity index (χ0v) is 19.4. The number of ether oxygens (including phenoxy) is 1. The van der Waals surface area contributed by atoms with E-state index in [1.165, 1.54) is 36.0 Å². The van der Waals surface area contributed by atoms with Crippen LogP contribution in [0.5, 0.6) is 5.75 Å². The molecule has 0 amide bonds. The Bertz CT molecular complexity index is 922. The van der Waals surface area contributed by atoms with Crippen LogP contribution < -0.4 is 4.74 Å². The summed E-state index contributed by atoms with van der Waals surface area (Å²) in [5.41, 5.74) is 4.26. The van der Waals surface area contributed by atoms with Crippen molar-refractivity contribution in [1.29, 1.82) is 0 Å². The van der Waals surface area contributed by atoms with Crippen LogP contribution in [0.25, 0.3) is 0 Å². The van der Waals surface area contributed by atoms with Crippen molar-refractivity contribution in [2.24, 2.45) is 0 Å². The molecule has 3 aromatic carbocycles. The Morgan fingerprint density at radius 3 is 2.06 bits per heavy atom. The van der Waals surface area contributed by atoms with Crippen molar-refractivity contribution in [3.63, 3.8) is 0 Å². The van der Waals surface area contributed by atoms with Gasteiger partial charge < -0.3 is 4.74 Å². The Morgan fingerprint density at radius 1 is 0.750 bits per heavy atom. The molecule has 166 valence electrons. The maximum absolute atomic E-state index is 5.81. The van der Waals surface area contributed by atoms with E-state index in [1.54, 1.807) is 0 Å². The van der Waals surface area contributed by atoms with Gasteiger partial charge in [0, 0.05) is 6.42 Å². The summed E-state index contributed by atoms with van der Waals surface area (Å²) < 4.78 is 5.81. The second kappa shape index (κ2) is 13.4. The molecule has 0 radical (unpaired) electrons. The quantitative estimate of drug-likeness (QED) is 0.199. The van der Waals surface area contributed by atoms with Gasteiger partial charge in [0.1, 0.15) is 5.75 Å². The van der Waals surface area contributed by atoms with Gasteiger partial charge in [0.25, 0.3) is 0 Å². The Balaban J connectivity index is 1.48. The maximum atomic E-state index is 5.81. The third-order valence-corrected chi connectivity index (χ3v) is 6.29. The molecule has 0 aliphatic carbocycles. The number of hydrogen-bond donors (Lipinski definition) is 0. The van der Waals surface area contributed by atoms with Crippen molar-refractivity contribution in [3.05, 3.63) is 102 Å². The normalized spacial score (nSPS) is 12.6. The van der Waals surface area contributed by atoms with E-state index in [9.17, 15) is 0 Å². The highest BCUT2D eigenvalue weighted by molar-refractivity contribution is 5.29. The van der Waals surface area contributed by atoms with Crippen LogP contribution in [0.4, 0.5) is 0 Å². The highest BCUT2D eigenvalue weighted by Gasteiger charge is 2.20. The van der Waals surface area contributed by atoms with Crippen LogP contribution in [-0.2, 0) is 6.42 Å². The Morgan fingerprint density at radius 2 is 1.41 bits per heavy atom. The number of hydrogen-bond acceptors (Lipinski definition) is 1. The molecule has 0 saturated carbocycles. The van der Waals surface area contributed by atoms with Crippen molar-refractivity contribution < 1.29 is 4.74 Å². The molecule has 0 heterocycles. The smallest absolute Gasteiger partial charge is 0.119 e. The average molecular weight is 425 g/mol. The molecule has 3 aromatic rings. The van der Waals surface area contributed by atoms with Gasteiger partial charge in [0.15, 0.2) is 0 Å². The second-order valence-corrected chi connectivity index (χ2v) is 8.62. The first-order valence-electron chi connectivity index (χ1n) is 12.0. The van der Waals surface area contributed by atoms with Crippen LogP contribution in [0.1, 0.15) is 74.0 Å². The van der Waals surface area contributed by atoms with Gasteiger partial charge in [0.05, 0.1) is 6.61 Å². The average Bonchev–Trinajstić information content (AvgIpc) is 2.85. The fourth-order valence-corrected chi connectivity index (χ4v) is 4.36. The molecule has 3 rings (SSSR count). The van der Waals surface area contributed by atoms with E-state index in [0.29, 0.717) is 11.8 Å². The van der Waals surface area contributed by atoms with E-state index in [0.717, 1.165) is 38.0 Å². The summed E-state index contributed by atoms with van der Waals surface area (Å²) in [6, 6.07) is 30.6. The summed E-state index contributed by atoms with van der Waals surface area (Å²) in [5.74, 6) is 4.68. The van der Waals surface area contributed by atoms with Crippen molar-refractivity contribution in [2.45, 2.75) is 63.7 Å². The molecule has 0 spiro atoms. The van der Waals surface area contributed by atoms with Crippen LogP contribution in [-0.4, -0.2) is 6.61 Å². The molecule has 1 nitrogen and oxygen atoms in total. The lowest BCUT2D eigenvalue weighted by molar-refractivity contribution is 0.307. The first-order valence-corrected chi connectivity index (χ1v) is 12.0. The lowest BCUT2D eigenvalue weighted by Gasteiger charge is -2.25. The number of benzene rings is 3. The van der Waals surface area contributed by atoms with Crippen molar-refractivity contribution >= 4 is 0 Å². The molecule has 0 fully saturated rings.